The number of para-hydroxylation sites is 2. The van der Waals surface area contributed by atoms with Crippen LogP contribution in [-0.4, -0.2) is 71.2 Å². The first-order valence-electron chi connectivity index (χ1n) is 14.6. The maximum Gasteiger partial charge on any atom is 0.216 e. The Morgan fingerprint density at radius 1 is 0.596 bits per heavy atom. The molecule has 7 aromatic rings. The molecule has 5 heterocycles. The number of carbonyl (C=O) groups excluding carboxylic acids is 3. The number of hydrogen-bond acceptors (Lipinski definition) is 11. The summed E-state index contributed by atoms with van der Waals surface area (Å²) in [6.45, 7) is 0. The molecule has 2 aliphatic rings. The number of hydrogen-bond donors (Lipinski definition) is 0. The Kier molecular flexibility index (Phi) is 6.39. The van der Waals surface area contributed by atoms with Crippen LogP contribution in [0, 0.1) is 0 Å². The van der Waals surface area contributed by atoms with Crippen molar-refractivity contribution in [3.63, 3.8) is 0 Å². The van der Waals surface area contributed by atoms with Crippen molar-refractivity contribution in [2.75, 3.05) is 14.1 Å². The van der Waals surface area contributed by atoms with E-state index in [0.717, 1.165) is 27.1 Å². The van der Waals surface area contributed by atoms with Gasteiger partial charge in [-0.25, -0.2) is 29.9 Å². The third-order valence-corrected chi connectivity index (χ3v) is 8.10. The predicted octanol–water partition coefficient (Wildman–Crippen LogP) is 5.12. The van der Waals surface area contributed by atoms with Gasteiger partial charge in [-0.1, -0.05) is 36.4 Å². The highest BCUT2D eigenvalue weighted by molar-refractivity contribution is 6.29. The summed E-state index contributed by atoms with van der Waals surface area (Å²) >= 11 is 0. The molecule has 0 saturated heterocycles. The third kappa shape index (κ3) is 4.36. The van der Waals surface area contributed by atoms with Gasteiger partial charge in [0.15, 0.2) is 0 Å². The number of pyridine rings is 3. The van der Waals surface area contributed by atoms with Crippen molar-refractivity contribution in [1.29, 1.82) is 0 Å². The van der Waals surface area contributed by atoms with Gasteiger partial charge in [0, 0.05) is 48.8 Å². The van der Waals surface area contributed by atoms with Gasteiger partial charge in [0.05, 0.1) is 33.4 Å². The molecule has 0 aliphatic heterocycles. The Labute approximate surface area is 266 Å². The summed E-state index contributed by atoms with van der Waals surface area (Å²) in [5.74, 6) is -0.772. The van der Waals surface area contributed by atoms with Crippen molar-refractivity contribution in [1.82, 2.24) is 39.8 Å². The standard InChI is InChI=1S/C19H14N4O2.C17H8N4O/c1-23(2)8-7-12-11-5-3-4-6-14(11)22-17-15(12)19(25)16-13(18(17)24)9-20-10-21-16;22-17-11-7-18-8-20-14(11)15-13-10(5-6-19-15)9-3-1-2-4-12(9)21-16(13)17/h3-10H,1-2H3;1-8H/b8-7+;. The second-order valence-electron chi connectivity index (χ2n) is 11.2. The maximum absolute atomic E-state index is 13.0. The largest absolute Gasteiger partial charge is 0.383 e. The zero-order chi connectivity index (χ0) is 32.2. The van der Waals surface area contributed by atoms with Gasteiger partial charge in [-0.3, -0.25) is 19.4 Å². The van der Waals surface area contributed by atoms with Crippen LogP contribution in [-0.2, 0) is 0 Å². The van der Waals surface area contributed by atoms with Gasteiger partial charge in [-0.15, -0.1) is 0 Å². The van der Waals surface area contributed by atoms with Gasteiger partial charge in [0.25, 0.3) is 0 Å². The lowest BCUT2D eigenvalue weighted by atomic mass is 9.86. The van der Waals surface area contributed by atoms with Gasteiger partial charge >= 0.3 is 0 Å². The average Bonchev–Trinajstić information content (AvgIpc) is 3.11. The molecule has 0 fully saturated rings. The lowest BCUT2D eigenvalue weighted by Gasteiger charge is -2.19. The molecule has 2 aromatic carbocycles. The molecular formula is C36H22N8O3. The lowest BCUT2D eigenvalue weighted by Crippen LogP contribution is -2.25. The van der Waals surface area contributed by atoms with Crippen molar-refractivity contribution in [2.45, 2.75) is 0 Å². The van der Waals surface area contributed by atoms with Crippen molar-refractivity contribution < 1.29 is 14.4 Å². The minimum atomic E-state index is -0.324. The summed E-state index contributed by atoms with van der Waals surface area (Å²) < 4.78 is 0. The van der Waals surface area contributed by atoms with Crippen LogP contribution in [0.5, 0.6) is 0 Å². The maximum atomic E-state index is 13.0. The summed E-state index contributed by atoms with van der Waals surface area (Å²) in [7, 11) is 3.78. The summed E-state index contributed by atoms with van der Waals surface area (Å²) in [4.78, 5) is 70.1. The van der Waals surface area contributed by atoms with Gasteiger partial charge in [-0.2, -0.15) is 0 Å². The fourth-order valence-corrected chi connectivity index (χ4v) is 6.01. The zero-order valence-electron chi connectivity index (χ0n) is 25.0. The quantitative estimate of drug-likeness (QED) is 0.239. The van der Waals surface area contributed by atoms with E-state index < -0.39 is 0 Å². The van der Waals surface area contributed by atoms with Crippen molar-refractivity contribution in [2.24, 2.45) is 0 Å². The highest BCUT2D eigenvalue weighted by atomic mass is 16.1. The minimum absolute atomic E-state index is 0.129. The van der Waals surface area contributed by atoms with Crippen LogP contribution in [0.15, 0.2) is 92.0 Å². The lowest BCUT2D eigenvalue weighted by molar-refractivity contribution is 0.0971. The van der Waals surface area contributed by atoms with Crippen LogP contribution < -0.4 is 0 Å². The molecule has 0 unspecified atom stereocenters. The van der Waals surface area contributed by atoms with Crippen LogP contribution in [0.4, 0.5) is 0 Å². The summed E-state index contributed by atoms with van der Waals surface area (Å²) in [6.07, 6.45) is 11.0. The van der Waals surface area contributed by atoms with E-state index >= 15 is 0 Å². The molecule has 0 saturated carbocycles. The van der Waals surface area contributed by atoms with E-state index in [0.29, 0.717) is 39.3 Å². The zero-order valence-corrected chi connectivity index (χ0v) is 25.0. The van der Waals surface area contributed by atoms with Gasteiger partial charge in [-0.05, 0) is 41.4 Å². The SMILES string of the molecule is CN(C)/C=C/c1c2c(nc3ccccc13)C(=O)c1cncnc1C2=O.O=C1c2cncnc2-c2nccc3c2c1nc1ccccc13. The first kappa shape index (κ1) is 27.9. The highest BCUT2D eigenvalue weighted by Gasteiger charge is 2.35. The Morgan fingerprint density at radius 3 is 1.96 bits per heavy atom. The molecule has 11 heteroatoms. The number of fused-ring (bicyclic) bond motifs is 7. The van der Waals surface area contributed by atoms with E-state index in [9.17, 15) is 14.4 Å². The smallest absolute Gasteiger partial charge is 0.216 e. The van der Waals surface area contributed by atoms with E-state index in [1.165, 1.54) is 25.0 Å². The number of nitrogens with zero attached hydrogens (tertiary/aromatic N) is 8. The molecule has 47 heavy (non-hydrogen) atoms. The molecule has 224 valence electrons. The molecule has 0 N–H and O–H groups in total. The topological polar surface area (TPSA) is 145 Å². The van der Waals surface area contributed by atoms with E-state index in [2.05, 4.69) is 34.9 Å². The third-order valence-electron chi connectivity index (χ3n) is 8.10. The van der Waals surface area contributed by atoms with Crippen molar-refractivity contribution in [3.8, 4) is 11.4 Å². The molecule has 0 amide bonds. The molecule has 0 bridgehead atoms. The van der Waals surface area contributed by atoms with Crippen LogP contribution in [0.3, 0.4) is 0 Å². The van der Waals surface area contributed by atoms with Crippen LogP contribution in [0.1, 0.15) is 53.7 Å². The number of benzene rings is 2. The first-order valence-corrected chi connectivity index (χ1v) is 14.6. The molecule has 0 spiro atoms. The number of aromatic nitrogens is 7. The molecule has 2 aliphatic carbocycles. The summed E-state index contributed by atoms with van der Waals surface area (Å²) in [6, 6.07) is 17.2. The molecule has 9 rings (SSSR count). The van der Waals surface area contributed by atoms with Gasteiger partial charge in [0.1, 0.15) is 35.4 Å². The normalized spacial score (nSPS) is 12.9. The summed E-state index contributed by atoms with van der Waals surface area (Å²) in [5, 5.41) is 3.58. The van der Waals surface area contributed by atoms with Gasteiger partial charge < -0.3 is 4.90 Å². The minimum Gasteiger partial charge on any atom is -0.383 e. The van der Waals surface area contributed by atoms with Gasteiger partial charge in [0.2, 0.25) is 17.3 Å². The summed E-state index contributed by atoms with van der Waals surface area (Å²) in [5.41, 5.74) is 5.09. The highest BCUT2D eigenvalue weighted by Crippen LogP contribution is 2.38. The molecule has 0 atom stereocenters. The van der Waals surface area contributed by atoms with Crippen LogP contribution in [0.25, 0.3) is 50.0 Å². The monoisotopic (exact) mass is 614 g/mol. The number of ketones is 3. The second-order valence-corrected chi connectivity index (χ2v) is 11.2. The Morgan fingerprint density at radius 2 is 1.21 bits per heavy atom. The fourth-order valence-electron chi connectivity index (χ4n) is 6.01. The molecule has 11 nitrogen and oxygen atoms in total. The second kappa shape index (κ2) is 10.8. The average molecular weight is 615 g/mol. The number of carbonyl (C=O) groups is 3. The van der Waals surface area contributed by atoms with E-state index in [1.54, 1.807) is 6.20 Å². The first-order chi connectivity index (χ1) is 22.9. The Bertz CT molecular complexity index is 2530. The molecular weight excluding hydrogens is 592 g/mol. The Balaban J connectivity index is 0.000000139. The van der Waals surface area contributed by atoms with E-state index in [4.69, 9.17) is 0 Å². The molecule has 0 radical (unpaired) electrons. The number of rotatable bonds is 2. The van der Waals surface area contributed by atoms with E-state index in [-0.39, 0.29) is 34.3 Å². The van der Waals surface area contributed by atoms with E-state index in [1.807, 2.05) is 85.9 Å². The fraction of sp³-hybridized carbons (Fsp3) is 0.0556. The Hall–Kier alpha value is -6.62. The van der Waals surface area contributed by atoms with Crippen molar-refractivity contribution >= 4 is 56.0 Å². The van der Waals surface area contributed by atoms with Crippen molar-refractivity contribution in [3.05, 3.63) is 131 Å². The predicted molar refractivity (Wildman–Crippen MR) is 175 cm³/mol. The van der Waals surface area contributed by atoms with Crippen LogP contribution in [0.2, 0.25) is 0 Å². The molecule has 5 aromatic heterocycles. The van der Waals surface area contributed by atoms with Crippen LogP contribution >= 0.6 is 0 Å².